The van der Waals surface area contributed by atoms with E-state index in [-0.39, 0.29) is 11.4 Å². The molecule has 0 spiro atoms. The van der Waals surface area contributed by atoms with Gasteiger partial charge in [-0.05, 0) is 24.6 Å². The molecule has 1 aromatic rings. The lowest BCUT2D eigenvalue weighted by atomic mass is 10.2. The summed E-state index contributed by atoms with van der Waals surface area (Å²) in [5.74, 6) is 0. The van der Waals surface area contributed by atoms with E-state index >= 15 is 0 Å². The van der Waals surface area contributed by atoms with Gasteiger partial charge in [-0.25, -0.2) is 13.1 Å². The van der Waals surface area contributed by atoms with Gasteiger partial charge in [0, 0.05) is 19.7 Å². The molecule has 0 atom stereocenters. The third-order valence-corrected chi connectivity index (χ3v) is 3.69. The zero-order valence-electron chi connectivity index (χ0n) is 9.85. The van der Waals surface area contributed by atoms with Crippen LogP contribution in [0.4, 0.5) is 0 Å². The van der Waals surface area contributed by atoms with Crippen molar-refractivity contribution < 1.29 is 13.2 Å². The van der Waals surface area contributed by atoms with E-state index in [2.05, 4.69) is 4.72 Å². The van der Waals surface area contributed by atoms with Gasteiger partial charge in [-0.15, -0.1) is 0 Å². The van der Waals surface area contributed by atoms with Crippen LogP contribution in [0.3, 0.4) is 0 Å². The van der Waals surface area contributed by atoms with Crippen molar-refractivity contribution in [3.05, 3.63) is 29.8 Å². The second-order valence-electron chi connectivity index (χ2n) is 3.44. The van der Waals surface area contributed by atoms with Crippen molar-refractivity contribution in [3.8, 4) is 0 Å². The smallest absolute Gasteiger partial charge is 0.240 e. The molecule has 0 aliphatic carbocycles. The van der Waals surface area contributed by atoms with E-state index in [1.807, 2.05) is 6.92 Å². The van der Waals surface area contributed by atoms with Crippen molar-refractivity contribution >= 4 is 10.0 Å². The fourth-order valence-corrected chi connectivity index (χ4v) is 2.29. The largest absolute Gasteiger partial charge is 0.380 e. The molecule has 0 radical (unpaired) electrons. The van der Waals surface area contributed by atoms with Gasteiger partial charge in [-0.2, -0.15) is 0 Å². The van der Waals surface area contributed by atoms with Gasteiger partial charge >= 0.3 is 0 Å². The standard InChI is InChI=1S/C11H18N2O3S/c1-2-16-8-7-13-17(14,15)11-5-3-10(9-12)4-6-11/h3-6,13H,2,7-9,12H2,1H3. The van der Waals surface area contributed by atoms with Crippen molar-refractivity contribution in [2.24, 2.45) is 5.73 Å². The van der Waals surface area contributed by atoms with Crippen LogP contribution in [0.5, 0.6) is 0 Å². The summed E-state index contributed by atoms with van der Waals surface area (Å²) in [7, 11) is -3.44. The van der Waals surface area contributed by atoms with Gasteiger partial charge in [0.25, 0.3) is 0 Å². The van der Waals surface area contributed by atoms with Crippen LogP contribution < -0.4 is 10.5 Å². The molecule has 0 fully saturated rings. The molecule has 1 rings (SSSR count). The zero-order valence-corrected chi connectivity index (χ0v) is 10.7. The normalized spacial score (nSPS) is 11.6. The zero-order chi connectivity index (χ0) is 12.7. The third-order valence-electron chi connectivity index (χ3n) is 2.21. The van der Waals surface area contributed by atoms with Gasteiger partial charge in [0.1, 0.15) is 0 Å². The Morgan fingerprint density at radius 2 is 1.94 bits per heavy atom. The molecule has 0 aliphatic rings. The maximum atomic E-state index is 11.8. The molecule has 1 aromatic carbocycles. The first-order chi connectivity index (χ1) is 8.10. The highest BCUT2D eigenvalue weighted by Crippen LogP contribution is 2.09. The average molecular weight is 258 g/mol. The highest BCUT2D eigenvalue weighted by molar-refractivity contribution is 7.89. The van der Waals surface area contributed by atoms with Crippen molar-refractivity contribution in [2.75, 3.05) is 19.8 Å². The Bertz CT molecular complexity index is 429. The summed E-state index contributed by atoms with van der Waals surface area (Å²) >= 11 is 0. The van der Waals surface area contributed by atoms with E-state index in [4.69, 9.17) is 10.5 Å². The first-order valence-electron chi connectivity index (χ1n) is 5.46. The molecule has 0 saturated heterocycles. The lowest BCUT2D eigenvalue weighted by Crippen LogP contribution is -2.27. The number of ether oxygens (including phenoxy) is 1. The van der Waals surface area contributed by atoms with Crippen LogP contribution in [0.25, 0.3) is 0 Å². The highest BCUT2D eigenvalue weighted by Gasteiger charge is 2.12. The van der Waals surface area contributed by atoms with Gasteiger partial charge in [0.05, 0.1) is 11.5 Å². The highest BCUT2D eigenvalue weighted by atomic mass is 32.2. The molecular formula is C11H18N2O3S. The summed E-state index contributed by atoms with van der Waals surface area (Å²) in [5, 5.41) is 0. The molecule has 0 aliphatic heterocycles. The van der Waals surface area contributed by atoms with Gasteiger partial charge in [0.15, 0.2) is 0 Å². The van der Waals surface area contributed by atoms with Gasteiger partial charge in [0.2, 0.25) is 10.0 Å². The van der Waals surface area contributed by atoms with Crippen molar-refractivity contribution in [2.45, 2.75) is 18.4 Å². The maximum absolute atomic E-state index is 11.8. The summed E-state index contributed by atoms with van der Waals surface area (Å²) in [4.78, 5) is 0.242. The average Bonchev–Trinajstić information content (AvgIpc) is 2.35. The molecule has 6 heteroatoms. The minimum Gasteiger partial charge on any atom is -0.380 e. The number of nitrogens with two attached hydrogens (primary N) is 1. The fourth-order valence-electron chi connectivity index (χ4n) is 1.28. The Morgan fingerprint density at radius 1 is 1.29 bits per heavy atom. The van der Waals surface area contributed by atoms with Crippen LogP contribution in [-0.4, -0.2) is 28.2 Å². The molecule has 17 heavy (non-hydrogen) atoms. The predicted molar refractivity (Wildman–Crippen MR) is 66.0 cm³/mol. The Kier molecular flexibility index (Phi) is 5.57. The molecule has 0 aromatic heterocycles. The molecule has 0 bridgehead atoms. The van der Waals surface area contributed by atoms with E-state index < -0.39 is 10.0 Å². The van der Waals surface area contributed by atoms with Crippen LogP contribution >= 0.6 is 0 Å². The third kappa shape index (κ3) is 4.43. The predicted octanol–water partition coefficient (Wildman–Crippen LogP) is 0.460. The van der Waals surface area contributed by atoms with E-state index in [1.165, 1.54) is 0 Å². The number of sulfonamides is 1. The lowest BCUT2D eigenvalue weighted by molar-refractivity contribution is 0.153. The molecule has 0 unspecified atom stereocenters. The van der Waals surface area contributed by atoms with Crippen LogP contribution in [0.2, 0.25) is 0 Å². The second kappa shape index (κ2) is 6.70. The quantitative estimate of drug-likeness (QED) is 0.696. The van der Waals surface area contributed by atoms with Gasteiger partial charge < -0.3 is 10.5 Å². The second-order valence-corrected chi connectivity index (χ2v) is 5.21. The summed E-state index contributed by atoms with van der Waals surface area (Å²) in [6, 6.07) is 6.50. The molecule has 5 nitrogen and oxygen atoms in total. The molecule has 0 heterocycles. The topological polar surface area (TPSA) is 81.4 Å². The fraction of sp³-hybridized carbons (Fsp3) is 0.455. The monoisotopic (exact) mass is 258 g/mol. The Hall–Kier alpha value is -0.950. The van der Waals surface area contributed by atoms with E-state index in [0.717, 1.165) is 5.56 Å². The Balaban J connectivity index is 2.62. The number of nitrogens with one attached hydrogen (secondary N) is 1. The van der Waals surface area contributed by atoms with Crippen molar-refractivity contribution in [3.63, 3.8) is 0 Å². The summed E-state index contributed by atoms with van der Waals surface area (Å²) in [6.07, 6.45) is 0. The number of hydrogen-bond acceptors (Lipinski definition) is 4. The van der Waals surface area contributed by atoms with Crippen LogP contribution in [0.1, 0.15) is 12.5 Å². The molecule has 0 amide bonds. The van der Waals surface area contributed by atoms with Gasteiger partial charge in [-0.3, -0.25) is 0 Å². The van der Waals surface area contributed by atoms with Crippen LogP contribution in [0, 0.1) is 0 Å². The van der Waals surface area contributed by atoms with E-state index in [1.54, 1.807) is 24.3 Å². The number of hydrogen-bond donors (Lipinski definition) is 2. The van der Waals surface area contributed by atoms with Crippen LogP contribution in [-0.2, 0) is 21.3 Å². The molecule has 96 valence electrons. The summed E-state index contributed by atoms with van der Waals surface area (Å²) in [5.41, 5.74) is 6.34. The molecular weight excluding hydrogens is 240 g/mol. The lowest BCUT2D eigenvalue weighted by Gasteiger charge is -2.07. The summed E-state index contributed by atoms with van der Waals surface area (Å²) < 4.78 is 31.1. The first-order valence-corrected chi connectivity index (χ1v) is 6.95. The Morgan fingerprint density at radius 3 is 2.47 bits per heavy atom. The van der Waals surface area contributed by atoms with Crippen molar-refractivity contribution in [1.82, 2.24) is 4.72 Å². The maximum Gasteiger partial charge on any atom is 0.240 e. The van der Waals surface area contributed by atoms with Crippen LogP contribution in [0.15, 0.2) is 29.2 Å². The SMILES string of the molecule is CCOCCNS(=O)(=O)c1ccc(CN)cc1. The molecule has 0 saturated carbocycles. The number of rotatable bonds is 7. The number of benzene rings is 1. The van der Waals surface area contributed by atoms with E-state index in [9.17, 15) is 8.42 Å². The first kappa shape index (κ1) is 14.1. The summed E-state index contributed by atoms with van der Waals surface area (Å²) in [6.45, 7) is 3.48. The molecule has 3 N–H and O–H groups in total. The minimum absolute atomic E-state index is 0.242. The van der Waals surface area contributed by atoms with E-state index in [0.29, 0.717) is 19.8 Å². The van der Waals surface area contributed by atoms with Gasteiger partial charge in [-0.1, -0.05) is 12.1 Å². The van der Waals surface area contributed by atoms with Crippen molar-refractivity contribution in [1.29, 1.82) is 0 Å². The Labute approximate surface area is 102 Å². The minimum atomic E-state index is -3.44.